The fourth-order valence-electron chi connectivity index (χ4n) is 1.93. The number of pyridine rings is 1. The number of hydrogen-bond acceptors (Lipinski definition) is 2. The van der Waals surface area contributed by atoms with Crippen LogP contribution in [-0.2, 0) is 13.0 Å². The molecule has 0 fully saturated rings. The topological polar surface area (TPSA) is 30.7 Å². The van der Waals surface area contributed by atoms with E-state index in [2.05, 4.69) is 9.97 Å². The van der Waals surface area contributed by atoms with Crippen LogP contribution in [0.25, 0.3) is 11.2 Å². The van der Waals surface area contributed by atoms with Crippen LogP contribution in [0.5, 0.6) is 0 Å². The molecule has 0 bridgehead atoms. The molecule has 2 heterocycles. The molecule has 0 unspecified atom stereocenters. The van der Waals surface area contributed by atoms with Crippen molar-refractivity contribution in [3.8, 4) is 0 Å². The predicted octanol–water partition coefficient (Wildman–Crippen LogP) is 3.47. The van der Waals surface area contributed by atoms with E-state index in [0.717, 1.165) is 5.56 Å². The van der Waals surface area contributed by atoms with Gasteiger partial charge in [-0.15, -0.1) is 11.6 Å². The van der Waals surface area contributed by atoms with Gasteiger partial charge < -0.3 is 4.57 Å². The van der Waals surface area contributed by atoms with Crippen molar-refractivity contribution < 1.29 is 13.2 Å². The maximum absolute atomic E-state index is 12.4. The fraction of sp³-hybridized carbons (Fsp3) is 0.500. The van der Waals surface area contributed by atoms with Crippen molar-refractivity contribution in [2.24, 2.45) is 0 Å². The normalized spacial score (nSPS) is 12.3. The monoisotopic (exact) mass is 291 g/mol. The van der Waals surface area contributed by atoms with Crippen LogP contribution in [0.2, 0.25) is 0 Å². The summed E-state index contributed by atoms with van der Waals surface area (Å²) in [6.07, 6.45) is -3.09. The number of fused-ring (bicyclic) bond motifs is 1. The summed E-state index contributed by atoms with van der Waals surface area (Å²) in [7, 11) is 0. The molecule has 2 aromatic heterocycles. The van der Waals surface area contributed by atoms with E-state index >= 15 is 0 Å². The smallest absolute Gasteiger partial charge is 0.312 e. The lowest BCUT2D eigenvalue weighted by atomic mass is 10.3. The first-order valence-corrected chi connectivity index (χ1v) is 6.39. The number of alkyl halides is 4. The van der Waals surface area contributed by atoms with Gasteiger partial charge in [0, 0.05) is 25.0 Å². The minimum Gasteiger partial charge on any atom is -0.312 e. The molecule has 104 valence electrons. The number of aromatic nitrogens is 3. The highest BCUT2D eigenvalue weighted by atomic mass is 35.5. The minimum atomic E-state index is -4.20. The van der Waals surface area contributed by atoms with Crippen LogP contribution < -0.4 is 0 Å². The summed E-state index contributed by atoms with van der Waals surface area (Å²) in [5, 5.41) is 0. The van der Waals surface area contributed by atoms with Gasteiger partial charge in [-0.25, -0.2) is 9.97 Å². The van der Waals surface area contributed by atoms with Crippen molar-refractivity contribution in [3.63, 3.8) is 0 Å². The van der Waals surface area contributed by atoms with E-state index in [0.29, 0.717) is 29.3 Å². The molecule has 0 aliphatic carbocycles. The minimum absolute atomic E-state index is 0.178. The molecule has 0 saturated carbocycles. The Morgan fingerprint density at radius 3 is 2.74 bits per heavy atom. The molecule has 0 amide bonds. The Labute approximate surface area is 113 Å². The van der Waals surface area contributed by atoms with Gasteiger partial charge in [-0.05, 0) is 18.6 Å². The fourth-order valence-corrected chi connectivity index (χ4v) is 2.10. The molecule has 0 aromatic carbocycles. The second-order valence-corrected chi connectivity index (χ2v) is 4.66. The first kappa shape index (κ1) is 14.1. The van der Waals surface area contributed by atoms with Crippen molar-refractivity contribution in [2.75, 3.05) is 5.88 Å². The van der Waals surface area contributed by atoms with Crippen LogP contribution in [0, 0.1) is 6.92 Å². The van der Waals surface area contributed by atoms with Crippen LogP contribution in [-0.4, -0.2) is 26.6 Å². The van der Waals surface area contributed by atoms with Crippen molar-refractivity contribution in [3.05, 3.63) is 23.7 Å². The lowest BCUT2D eigenvalue weighted by Gasteiger charge is -2.10. The van der Waals surface area contributed by atoms with E-state index in [-0.39, 0.29) is 6.54 Å². The van der Waals surface area contributed by atoms with Crippen molar-refractivity contribution >= 4 is 22.8 Å². The molecule has 2 rings (SSSR count). The summed E-state index contributed by atoms with van der Waals surface area (Å²) in [6.45, 7) is 1.68. The molecule has 7 heteroatoms. The average molecular weight is 292 g/mol. The molecule has 0 aliphatic heterocycles. The summed E-state index contributed by atoms with van der Waals surface area (Å²) in [5.74, 6) is 0.866. The van der Waals surface area contributed by atoms with E-state index in [1.165, 1.54) is 4.57 Å². The lowest BCUT2D eigenvalue weighted by molar-refractivity contribution is -0.136. The maximum atomic E-state index is 12.4. The van der Waals surface area contributed by atoms with Crippen LogP contribution >= 0.6 is 11.6 Å². The van der Waals surface area contributed by atoms with Crippen molar-refractivity contribution in [1.82, 2.24) is 14.5 Å². The molecule has 2 aromatic rings. The van der Waals surface area contributed by atoms with Gasteiger partial charge in [-0.1, -0.05) is 0 Å². The maximum Gasteiger partial charge on any atom is 0.390 e. The summed E-state index contributed by atoms with van der Waals surface area (Å²) in [4.78, 5) is 8.49. The van der Waals surface area contributed by atoms with E-state index < -0.39 is 12.6 Å². The zero-order chi connectivity index (χ0) is 14.0. The van der Waals surface area contributed by atoms with E-state index in [9.17, 15) is 13.2 Å². The summed E-state index contributed by atoms with van der Waals surface area (Å²) in [5.41, 5.74) is 2.03. The number of nitrogens with zero attached hydrogens (tertiary/aromatic N) is 3. The van der Waals surface area contributed by atoms with Crippen molar-refractivity contribution in [1.29, 1.82) is 0 Å². The van der Waals surface area contributed by atoms with Gasteiger partial charge in [0.2, 0.25) is 0 Å². The van der Waals surface area contributed by atoms with Gasteiger partial charge in [-0.3, -0.25) is 0 Å². The van der Waals surface area contributed by atoms with Gasteiger partial charge in [0.25, 0.3) is 0 Å². The molecule has 19 heavy (non-hydrogen) atoms. The van der Waals surface area contributed by atoms with Crippen LogP contribution in [0.1, 0.15) is 17.8 Å². The third kappa shape index (κ3) is 3.18. The first-order chi connectivity index (χ1) is 8.92. The molecule has 0 spiro atoms. The third-order valence-corrected chi connectivity index (χ3v) is 3.04. The van der Waals surface area contributed by atoms with E-state index in [4.69, 9.17) is 11.6 Å². The Kier molecular flexibility index (Phi) is 3.99. The zero-order valence-electron chi connectivity index (χ0n) is 10.3. The predicted molar refractivity (Wildman–Crippen MR) is 67.4 cm³/mol. The summed E-state index contributed by atoms with van der Waals surface area (Å²) in [6, 6.07) is 1.79. The Bertz CT molecular complexity index is 577. The van der Waals surface area contributed by atoms with Gasteiger partial charge in [0.15, 0.2) is 5.65 Å². The van der Waals surface area contributed by atoms with Crippen LogP contribution in [0.3, 0.4) is 0 Å². The number of hydrogen-bond donors (Lipinski definition) is 0. The second kappa shape index (κ2) is 5.36. The molecule has 0 N–H and O–H groups in total. The molecule has 0 atom stereocenters. The SMILES string of the molecule is Cc1ccnc2c1nc(CCCl)n2CCC(F)(F)F. The van der Waals surface area contributed by atoms with Gasteiger partial charge in [-0.2, -0.15) is 13.2 Å². The standard InChI is InChI=1S/C12H13ClF3N3/c1-8-3-6-17-11-10(8)18-9(2-5-13)19(11)7-4-12(14,15)16/h3,6H,2,4-5,7H2,1H3. The summed E-state index contributed by atoms with van der Waals surface area (Å²) >= 11 is 5.67. The third-order valence-electron chi connectivity index (χ3n) is 2.85. The van der Waals surface area contributed by atoms with Crippen LogP contribution in [0.15, 0.2) is 12.3 Å². The molecule has 3 nitrogen and oxygen atoms in total. The zero-order valence-corrected chi connectivity index (χ0v) is 11.1. The summed E-state index contributed by atoms with van der Waals surface area (Å²) < 4.78 is 38.6. The Morgan fingerprint density at radius 2 is 2.11 bits per heavy atom. The van der Waals surface area contributed by atoms with E-state index in [1.54, 1.807) is 12.3 Å². The second-order valence-electron chi connectivity index (χ2n) is 4.28. The van der Waals surface area contributed by atoms with Crippen molar-refractivity contribution in [2.45, 2.75) is 32.5 Å². The lowest BCUT2D eigenvalue weighted by Crippen LogP contribution is -2.14. The van der Waals surface area contributed by atoms with Gasteiger partial charge in [0.1, 0.15) is 11.3 Å². The average Bonchev–Trinajstić information content (AvgIpc) is 2.66. The van der Waals surface area contributed by atoms with Gasteiger partial charge in [0.05, 0.1) is 6.42 Å². The highest BCUT2D eigenvalue weighted by Gasteiger charge is 2.27. The quantitative estimate of drug-likeness (QED) is 0.808. The molecule has 0 aliphatic rings. The number of rotatable bonds is 4. The molecule has 0 saturated heterocycles. The Morgan fingerprint density at radius 1 is 1.37 bits per heavy atom. The van der Waals surface area contributed by atoms with Gasteiger partial charge >= 0.3 is 6.18 Å². The highest BCUT2D eigenvalue weighted by molar-refractivity contribution is 6.17. The molecule has 0 radical (unpaired) electrons. The Balaban J connectivity index is 2.43. The number of aryl methyl sites for hydroxylation is 3. The number of imidazole rings is 1. The largest absolute Gasteiger partial charge is 0.390 e. The molecular formula is C12H13ClF3N3. The van der Waals surface area contributed by atoms with E-state index in [1.807, 2.05) is 6.92 Å². The number of halogens is 4. The first-order valence-electron chi connectivity index (χ1n) is 5.86. The highest BCUT2D eigenvalue weighted by Crippen LogP contribution is 2.24. The Hall–Kier alpha value is -1.30. The van der Waals surface area contributed by atoms with Crippen LogP contribution in [0.4, 0.5) is 13.2 Å². The molecular weight excluding hydrogens is 279 g/mol.